The molecule has 0 fully saturated rings. The second kappa shape index (κ2) is 3.96. The number of hydrogen-bond donors (Lipinski definition) is 1. The number of halogens is 2. The van der Waals surface area contributed by atoms with E-state index in [1.807, 2.05) is 0 Å². The van der Waals surface area contributed by atoms with E-state index in [1.165, 1.54) is 16.6 Å². The number of anilines is 1. The van der Waals surface area contributed by atoms with Crippen LogP contribution in [0.1, 0.15) is 0 Å². The zero-order valence-corrected chi connectivity index (χ0v) is 9.89. The van der Waals surface area contributed by atoms with E-state index in [0.29, 0.717) is 11.3 Å². The number of nitrogens with zero attached hydrogens (tertiary/aromatic N) is 3. The Balaban J connectivity index is 2.26. The van der Waals surface area contributed by atoms with Crippen molar-refractivity contribution < 1.29 is 4.39 Å². The number of rotatable bonds is 1. The summed E-state index contributed by atoms with van der Waals surface area (Å²) < 4.78 is 15.2. The van der Waals surface area contributed by atoms with Crippen LogP contribution in [0.2, 0.25) is 5.02 Å². The molecule has 2 N–H and O–H groups in total. The molecule has 3 aromatic rings. The molecular weight excluding hydrogens is 255 g/mol. The first-order valence-electron chi connectivity index (χ1n) is 5.21. The first-order valence-corrected chi connectivity index (χ1v) is 5.59. The number of hydrogen-bond acceptors (Lipinski definition) is 3. The lowest BCUT2D eigenvalue weighted by molar-refractivity contribution is 0.630. The van der Waals surface area contributed by atoms with Crippen molar-refractivity contribution in [3.8, 4) is 11.4 Å². The standard InChI is InChI=1S/C12H8ClFN4/c13-8-2-1-3-9(14)11(8)12-16-10-5-4-7(15)6-18(10)17-12/h1-6H,15H2. The van der Waals surface area contributed by atoms with Gasteiger partial charge in [-0.3, -0.25) is 0 Å². The summed E-state index contributed by atoms with van der Waals surface area (Å²) in [6.45, 7) is 0. The van der Waals surface area contributed by atoms with Crippen molar-refractivity contribution >= 4 is 22.9 Å². The first-order chi connectivity index (χ1) is 8.65. The lowest BCUT2D eigenvalue weighted by atomic mass is 10.2. The van der Waals surface area contributed by atoms with Crippen molar-refractivity contribution in [3.05, 3.63) is 47.4 Å². The van der Waals surface area contributed by atoms with Gasteiger partial charge in [-0.1, -0.05) is 17.7 Å². The molecule has 0 spiro atoms. The molecule has 0 atom stereocenters. The highest BCUT2D eigenvalue weighted by Crippen LogP contribution is 2.28. The van der Waals surface area contributed by atoms with E-state index in [9.17, 15) is 4.39 Å². The predicted molar refractivity (Wildman–Crippen MR) is 67.8 cm³/mol. The Morgan fingerprint density at radius 1 is 1.22 bits per heavy atom. The van der Waals surface area contributed by atoms with Gasteiger partial charge in [-0.05, 0) is 24.3 Å². The average molecular weight is 263 g/mol. The molecule has 4 nitrogen and oxygen atoms in total. The second-order valence-corrected chi connectivity index (χ2v) is 4.20. The van der Waals surface area contributed by atoms with Crippen molar-refractivity contribution in [1.29, 1.82) is 0 Å². The van der Waals surface area contributed by atoms with Crippen molar-refractivity contribution in [2.45, 2.75) is 0 Å². The fourth-order valence-corrected chi connectivity index (χ4v) is 1.96. The van der Waals surface area contributed by atoms with Crippen LogP contribution in [-0.4, -0.2) is 14.6 Å². The summed E-state index contributed by atoms with van der Waals surface area (Å²) in [5.41, 5.74) is 6.97. The van der Waals surface area contributed by atoms with E-state index in [0.717, 1.165) is 0 Å². The van der Waals surface area contributed by atoms with Crippen molar-refractivity contribution in [1.82, 2.24) is 14.6 Å². The van der Waals surface area contributed by atoms with E-state index >= 15 is 0 Å². The molecule has 0 unspecified atom stereocenters. The molecule has 0 amide bonds. The van der Waals surface area contributed by atoms with Gasteiger partial charge in [-0.25, -0.2) is 13.9 Å². The highest BCUT2D eigenvalue weighted by atomic mass is 35.5. The fraction of sp³-hybridized carbons (Fsp3) is 0. The van der Waals surface area contributed by atoms with Gasteiger partial charge >= 0.3 is 0 Å². The fourth-order valence-electron chi connectivity index (χ4n) is 1.72. The average Bonchev–Trinajstić information content (AvgIpc) is 2.71. The zero-order chi connectivity index (χ0) is 12.7. The van der Waals surface area contributed by atoms with Crippen LogP contribution in [0.15, 0.2) is 36.5 Å². The van der Waals surface area contributed by atoms with Crippen molar-refractivity contribution in [2.75, 3.05) is 5.73 Å². The quantitative estimate of drug-likeness (QED) is 0.734. The Hall–Kier alpha value is -2.14. The molecular formula is C12H8ClFN4. The Labute approximate surface area is 107 Å². The van der Waals surface area contributed by atoms with Crippen molar-refractivity contribution in [3.63, 3.8) is 0 Å². The SMILES string of the molecule is Nc1ccc2nc(-c3c(F)cccc3Cl)nn2c1. The summed E-state index contributed by atoms with van der Waals surface area (Å²) in [5.74, 6) is -0.213. The number of aromatic nitrogens is 3. The molecule has 0 saturated heterocycles. The summed E-state index contributed by atoms with van der Waals surface area (Å²) >= 11 is 5.97. The Morgan fingerprint density at radius 3 is 2.83 bits per heavy atom. The van der Waals surface area contributed by atoms with E-state index in [1.54, 1.807) is 24.4 Å². The molecule has 2 heterocycles. The maximum Gasteiger partial charge on any atom is 0.186 e. The minimum Gasteiger partial charge on any atom is -0.397 e. The van der Waals surface area contributed by atoms with Crippen LogP contribution in [0.4, 0.5) is 10.1 Å². The van der Waals surface area contributed by atoms with Gasteiger partial charge in [0.15, 0.2) is 11.5 Å². The van der Waals surface area contributed by atoms with Gasteiger partial charge in [-0.2, -0.15) is 0 Å². The summed E-state index contributed by atoms with van der Waals surface area (Å²) in [6, 6.07) is 7.87. The topological polar surface area (TPSA) is 56.2 Å². The number of benzene rings is 1. The van der Waals surface area contributed by atoms with E-state index in [4.69, 9.17) is 17.3 Å². The maximum absolute atomic E-state index is 13.7. The second-order valence-electron chi connectivity index (χ2n) is 3.80. The summed E-state index contributed by atoms with van der Waals surface area (Å²) in [5, 5.41) is 4.44. The number of fused-ring (bicyclic) bond motifs is 1. The van der Waals surface area contributed by atoms with E-state index in [-0.39, 0.29) is 16.4 Å². The van der Waals surface area contributed by atoms with Crippen molar-refractivity contribution in [2.24, 2.45) is 0 Å². The monoisotopic (exact) mass is 262 g/mol. The van der Waals surface area contributed by atoms with E-state index in [2.05, 4.69) is 10.1 Å². The van der Waals surface area contributed by atoms with Gasteiger partial charge in [-0.15, -0.1) is 5.10 Å². The first kappa shape index (κ1) is 11.0. The normalized spacial score (nSPS) is 11.0. The largest absolute Gasteiger partial charge is 0.397 e. The van der Waals surface area contributed by atoms with Crippen LogP contribution < -0.4 is 5.73 Å². The molecule has 0 saturated carbocycles. The molecule has 0 radical (unpaired) electrons. The number of pyridine rings is 1. The van der Waals surface area contributed by atoms with E-state index < -0.39 is 5.82 Å². The number of nitrogen functional groups attached to an aromatic ring is 1. The van der Waals surface area contributed by atoms with Gasteiger partial charge in [0.05, 0.1) is 22.5 Å². The molecule has 90 valence electrons. The lowest BCUT2D eigenvalue weighted by Crippen LogP contribution is -1.92. The Kier molecular flexibility index (Phi) is 2.41. The van der Waals surface area contributed by atoms with Gasteiger partial charge in [0.2, 0.25) is 0 Å². The molecule has 0 aliphatic heterocycles. The molecule has 0 bridgehead atoms. The van der Waals surface area contributed by atoms with Crippen LogP contribution in [0.25, 0.3) is 17.0 Å². The molecule has 1 aromatic carbocycles. The third-order valence-electron chi connectivity index (χ3n) is 2.54. The molecule has 2 aromatic heterocycles. The van der Waals surface area contributed by atoms with Gasteiger partial charge < -0.3 is 5.73 Å². The molecule has 3 rings (SSSR count). The Morgan fingerprint density at radius 2 is 2.06 bits per heavy atom. The summed E-state index contributed by atoms with van der Waals surface area (Å²) in [6.07, 6.45) is 1.61. The minimum absolute atomic E-state index is 0.196. The molecule has 0 aliphatic carbocycles. The molecule has 0 aliphatic rings. The van der Waals surface area contributed by atoms with Crippen LogP contribution in [0, 0.1) is 5.82 Å². The van der Waals surface area contributed by atoms with Crippen LogP contribution in [0.3, 0.4) is 0 Å². The smallest absolute Gasteiger partial charge is 0.186 e. The molecule has 6 heteroatoms. The minimum atomic E-state index is -0.452. The summed E-state index contributed by atoms with van der Waals surface area (Å²) in [4.78, 5) is 4.22. The maximum atomic E-state index is 13.7. The molecule has 18 heavy (non-hydrogen) atoms. The predicted octanol–water partition coefficient (Wildman–Crippen LogP) is 2.77. The van der Waals surface area contributed by atoms with Gasteiger partial charge in [0, 0.05) is 0 Å². The zero-order valence-electron chi connectivity index (χ0n) is 9.14. The van der Waals surface area contributed by atoms with Gasteiger partial charge in [0.1, 0.15) is 5.82 Å². The van der Waals surface area contributed by atoms with Crippen LogP contribution in [0.5, 0.6) is 0 Å². The van der Waals surface area contributed by atoms with Gasteiger partial charge in [0.25, 0.3) is 0 Å². The third kappa shape index (κ3) is 1.69. The van der Waals surface area contributed by atoms with Crippen LogP contribution >= 0.6 is 11.6 Å². The number of nitrogens with two attached hydrogens (primary N) is 1. The highest BCUT2D eigenvalue weighted by molar-refractivity contribution is 6.33. The third-order valence-corrected chi connectivity index (χ3v) is 2.86. The lowest BCUT2D eigenvalue weighted by Gasteiger charge is -1.99. The highest BCUT2D eigenvalue weighted by Gasteiger charge is 2.14. The summed E-state index contributed by atoms with van der Waals surface area (Å²) in [7, 11) is 0. The Bertz CT molecular complexity index is 718. The van der Waals surface area contributed by atoms with Crippen LogP contribution in [-0.2, 0) is 0 Å².